The first-order valence-electron chi connectivity index (χ1n) is 7.13. The Morgan fingerprint density at radius 3 is 3.00 bits per heavy atom. The Balaban J connectivity index is 1.52. The number of rotatable bonds is 3. The summed E-state index contributed by atoms with van der Waals surface area (Å²) in [5.41, 5.74) is 2.48. The van der Waals surface area contributed by atoms with Crippen LogP contribution in [-0.2, 0) is 19.5 Å². The van der Waals surface area contributed by atoms with Gasteiger partial charge < -0.3 is 0 Å². The van der Waals surface area contributed by atoms with Crippen LogP contribution in [0.5, 0.6) is 0 Å². The minimum atomic E-state index is 0.865. The van der Waals surface area contributed by atoms with Crippen molar-refractivity contribution < 1.29 is 0 Å². The van der Waals surface area contributed by atoms with Crippen molar-refractivity contribution in [1.82, 2.24) is 14.9 Å². The Morgan fingerprint density at radius 1 is 1.27 bits per heavy atom. The maximum Gasteiger partial charge on any atom is 0.169 e. The summed E-state index contributed by atoms with van der Waals surface area (Å²) in [6.45, 7) is 3.00. The molecule has 22 heavy (non-hydrogen) atoms. The molecule has 3 nitrogen and oxygen atoms in total. The minimum absolute atomic E-state index is 0.865. The molecule has 6 heteroatoms. The smallest absolute Gasteiger partial charge is 0.169 e. The molecule has 0 atom stereocenters. The Hall–Kier alpha value is -1.08. The molecule has 112 valence electrons. The van der Waals surface area contributed by atoms with Crippen molar-refractivity contribution in [2.24, 2.45) is 0 Å². The van der Waals surface area contributed by atoms with Crippen molar-refractivity contribution >= 4 is 38.6 Å². The van der Waals surface area contributed by atoms with Crippen molar-refractivity contribution in [3.05, 3.63) is 55.8 Å². The summed E-state index contributed by atoms with van der Waals surface area (Å²) in [4.78, 5) is 14.3. The summed E-state index contributed by atoms with van der Waals surface area (Å²) in [5.74, 6) is 0.865. The van der Waals surface area contributed by atoms with Crippen molar-refractivity contribution in [2.45, 2.75) is 19.5 Å². The molecule has 0 spiro atoms. The molecule has 0 radical (unpaired) electrons. The molecule has 0 aliphatic carbocycles. The topological polar surface area (TPSA) is 29.0 Å². The average molecular weight is 392 g/mol. The van der Waals surface area contributed by atoms with Gasteiger partial charge in [-0.3, -0.25) is 4.90 Å². The van der Waals surface area contributed by atoms with Crippen molar-refractivity contribution in [3.63, 3.8) is 0 Å². The Morgan fingerprint density at radius 2 is 2.23 bits per heavy atom. The first kappa shape index (κ1) is 14.5. The van der Waals surface area contributed by atoms with Crippen LogP contribution >= 0.6 is 38.6 Å². The molecule has 0 amide bonds. The van der Waals surface area contributed by atoms with Crippen LogP contribution in [0.2, 0.25) is 0 Å². The van der Waals surface area contributed by atoms with Gasteiger partial charge in [0.2, 0.25) is 0 Å². The van der Waals surface area contributed by atoms with Gasteiger partial charge in [-0.15, -0.1) is 22.7 Å². The molecular formula is C16H14BrN3S2. The van der Waals surface area contributed by atoms with Crippen LogP contribution < -0.4 is 0 Å². The maximum atomic E-state index is 4.77. The third kappa shape index (κ3) is 3.01. The van der Waals surface area contributed by atoms with Gasteiger partial charge in [-0.1, -0.05) is 6.07 Å². The van der Waals surface area contributed by atoms with E-state index in [1.165, 1.54) is 19.9 Å². The van der Waals surface area contributed by atoms with Gasteiger partial charge in [0.15, 0.2) is 5.82 Å². The van der Waals surface area contributed by atoms with E-state index < -0.39 is 0 Å². The number of hydrogen-bond donors (Lipinski definition) is 0. The highest BCUT2D eigenvalue weighted by Crippen LogP contribution is 2.27. The summed E-state index contributed by atoms with van der Waals surface area (Å²) in [6, 6.07) is 8.44. The quantitative estimate of drug-likeness (QED) is 0.653. The summed E-state index contributed by atoms with van der Waals surface area (Å²) >= 11 is 7.03. The van der Waals surface area contributed by atoms with Gasteiger partial charge >= 0.3 is 0 Å². The molecule has 0 saturated carbocycles. The fourth-order valence-electron chi connectivity index (χ4n) is 2.69. The number of aromatic nitrogens is 2. The normalized spacial score (nSPS) is 15.0. The summed E-state index contributed by atoms with van der Waals surface area (Å²) in [5, 5.41) is 2.07. The molecule has 4 rings (SSSR count). The van der Waals surface area contributed by atoms with Crippen LogP contribution in [0.1, 0.15) is 16.1 Å². The molecule has 0 fully saturated rings. The lowest BCUT2D eigenvalue weighted by molar-refractivity contribution is 0.245. The predicted octanol–water partition coefficient (Wildman–Crippen LogP) is 4.59. The third-order valence-corrected chi connectivity index (χ3v) is 6.24. The van der Waals surface area contributed by atoms with Gasteiger partial charge in [-0.25, -0.2) is 9.97 Å². The van der Waals surface area contributed by atoms with Crippen LogP contribution in [0.4, 0.5) is 0 Å². The van der Waals surface area contributed by atoms with Crippen LogP contribution in [0, 0.1) is 0 Å². The molecule has 0 unspecified atom stereocenters. The minimum Gasteiger partial charge on any atom is -0.293 e. The summed E-state index contributed by atoms with van der Waals surface area (Å²) in [6.07, 6.45) is 3.01. The number of fused-ring (bicyclic) bond motifs is 1. The van der Waals surface area contributed by atoms with Gasteiger partial charge in [0, 0.05) is 42.7 Å². The molecular weight excluding hydrogens is 378 g/mol. The molecule has 0 saturated heterocycles. The highest BCUT2D eigenvalue weighted by Gasteiger charge is 2.19. The zero-order valence-electron chi connectivity index (χ0n) is 11.8. The largest absolute Gasteiger partial charge is 0.293 e. The van der Waals surface area contributed by atoms with Gasteiger partial charge in [0.25, 0.3) is 0 Å². The fraction of sp³-hybridized carbons (Fsp3) is 0.250. The van der Waals surface area contributed by atoms with E-state index in [0.29, 0.717) is 0 Å². The van der Waals surface area contributed by atoms with E-state index in [4.69, 9.17) is 4.98 Å². The van der Waals surface area contributed by atoms with Gasteiger partial charge in [0.1, 0.15) is 0 Å². The standard InChI is InChI=1S/C16H14BrN3S2/c17-15-4-3-12(22-15)10-20-6-5-13-11(9-20)8-18-16(19-13)14-2-1-7-21-14/h1-4,7-8H,5-6,9-10H2. The Labute approximate surface area is 145 Å². The van der Waals surface area contributed by atoms with Gasteiger partial charge in [-0.05, 0) is 39.5 Å². The van der Waals surface area contributed by atoms with E-state index in [1.54, 1.807) is 11.3 Å². The van der Waals surface area contributed by atoms with E-state index in [9.17, 15) is 0 Å². The lowest BCUT2D eigenvalue weighted by Gasteiger charge is -2.27. The molecule has 0 bridgehead atoms. The van der Waals surface area contributed by atoms with E-state index in [1.807, 2.05) is 23.6 Å². The SMILES string of the molecule is Brc1ccc(CN2CCc3nc(-c4cccs4)ncc3C2)s1. The highest BCUT2D eigenvalue weighted by atomic mass is 79.9. The highest BCUT2D eigenvalue weighted by molar-refractivity contribution is 9.11. The summed E-state index contributed by atoms with van der Waals surface area (Å²) in [7, 11) is 0. The second kappa shape index (κ2) is 6.20. The number of thiophene rings is 2. The fourth-order valence-corrected chi connectivity index (χ4v) is 4.88. The zero-order valence-corrected chi connectivity index (χ0v) is 15.0. The van der Waals surface area contributed by atoms with Crippen molar-refractivity contribution in [1.29, 1.82) is 0 Å². The van der Waals surface area contributed by atoms with Crippen molar-refractivity contribution in [3.8, 4) is 10.7 Å². The number of hydrogen-bond acceptors (Lipinski definition) is 5. The average Bonchev–Trinajstić information content (AvgIpc) is 3.19. The Bertz CT molecular complexity index is 783. The van der Waals surface area contributed by atoms with E-state index in [-0.39, 0.29) is 0 Å². The molecule has 3 aromatic rings. The van der Waals surface area contributed by atoms with Crippen molar-refractivity contribution in [2.75, 3.05) is 6.54 Å². The van der Waals surface area contributed by atoms with Gasteiger partial charge in [-0.2, -0.15) is 0 Å². The lowest BCUT2D eigenvalue weighted by atomic mass is 10.1. The zero-order chi connectivity index (χ0) is 14.9. The molecule has 0 aromatic carbocycles. The molecule has 1 aliphatic rings. The Kier molecular flexibility index (Phi) is 4.09. The number of nitrogens with zero attached hydrogens (tertiary/aromatic N) is 3. The molecule has 1 aliphatic heterocycles. The van der Waals surface area contributed by atoms with Crippen LogP contribution in [0.15, 0.2) is 39.6 Å². The molecule has 3 aromatic heterocycles. The summed E-state index contributed by atoms with van der Waals surface area (Å²) < 4.78 is 1.20. The third-order valence-electron chi connectivity index (χ3n) is 3.76. The first-order chi connectivity index (χ1) is 10.8. The van der Waals surface area contributed by atoms with Crippen LogP contribution in [-0.4, -0.2) is 21.4 Å². The van der Waals surface area contributed by atoms with E-state index in [2.05, 4.69) is 49.4 Å². The van der Waals surface area contributed by atoms with E-state index in [0.717, 1.165) is 36.8 Å². The molecule has 4 heterocycles. The second-order valence-corrected chi connectivity index (χ2v) is 8.80. The predicted molar refractivity (Wildman–Crippen MR) is 95.2 cm³/mol. The second-order valence-electron chi connectivity index (χ2n) is 5.31. The first-order valence-corrected chi connectivity index (χ1v) is 9.62. The number of halogens is 1. The maximum absolute atomic E-state index is 4.77. The van der Waals surface area contributed by atoms with Crippen LogP contribution in [0.25, 0.3) is 10.7 Å². The monoisotopic (exact) mass is 391 g/mol. The van der Waals surface area contributed by atoms with Gasteiger partial charge in [0.05, 0.1) is 14.4 Å². The van der Waals surface area contributed by atoms with E-state index >= 15 is 0 Å². The molecule has 0 N–H and O–H groups in total. The lowest BCUT2D eigenvalue weighted by Crippen LogP contribution is -2.30. The van der Waals surface area contributed by atoms with Crippen LogP contribution in [0.3, 0.4) is 0 Å².